The molecule has 0 aromatic rings. The van der Waals surface area contributed by atoms with Crippen molar-refractivity contribution in [2.45, 2.75) is 25.8 Å². The molecule has 0 amide bonds. The molecule has 1 atom stereocenters. The maximum Gasteiger partial charge on any atom is 0.0363 e. The van der Waals surface area contributed by atoms with Crippen molar-refractivity contribution in [2.75, 3.05) is 38.2 Å². The minimum atomic E-state index is -0.531. The molecule has 3 nitrogen and oxygen atoms in total. The molecule has 1 fully saturated rings. The third-order valence-electron chi connectivity index (χ3n) is 2.87. The zero-order valence-corrected chi connectivity index (χ0v) is 10.1. The Hall–Kier alpha value is 0.0700. The molecule has 0 bridgehead atoms. The molecule has 4 heteroatoms. The highest BCUT2D eigenvalue weighted by molar-refractivity contribution is 7.85. The standard InChI is InChI=1S/C10H22N2OS/c1-10(11-2)4-3-5-12-6-8-14(13)9-7-12/h10-11H,3-9H2,1-2H3. The second-order valence-electron chi connectivity index (χ2n) is 4.02. The minimum Gasteiger partial charge on any atom is -0.317 e. The van der Waals surface area contributed by atoms with Crippen LogP contribution in [0.2, 0.25) is 0 Å². The van der Waals surface area contributed by atoms with E-state index in [4.69, 9.17) is 0 Å². The van der Waals surface area contributed by atoms with Crippen LogP contribution >= 0.6 is 0 Å². The first-order chi connectivity index (χ1) is 6.72. The number of nitrogens with zero attached hydrogens (tertiary/aromatic N) is 1. The van der Waals surface area contributed by atoms with E-state index in [-0.39, 0.29) is 0 Å². The van der Waals surface area contributed by atoms with Crippen molar-refractivity contribution >= 4 is 10.8 Å². The molecule has 1 aliphatic rings. The SMILES string of the molecule is CNC(C)CCCN1CCS(=O)CC1. The summed E-state index contributed by atoms with van der Waals surface area (Å²) in [5.74, 6) is 1.75. The van der Waals surface area contributed by atoms with E-state index in [0.717, 1.165) is 24.6 Å². The monoisotopic (exact) mass is 218 g/mol. The van der Waals surface area contributed by atoms with Crippen LogP contribution < -0.4 is 5.32 Å². The van der Waals surface area contributed by atoms with Crippen LogP contribution in [0.3, 0.4) is 0 Å². The summed E-state index contributed by atoms with van der Waals surface area (Å²) >= 11 is 0. The second-order valence-corrected chi connectivity index (χ2v) is 5.72. The molecule has 84 valence electrons. The van der Waals surface area contributed by atoms with E-state index < -0.39 is 10.8 Å². The Labute approximate surface area is 89.7 Å². The first kappa shape index (κ1) is 12.1. The fraction of sp³-hybridized carbons (Fsp3) is 1.00. The van der Waals surface area contributed by atoms with Gasteiger partial charge in [-0.25, -0.2) is 0 Å². The molecule has 0 aromatic heterocycles. The molecule has 1 N–H and O–H groups in total. The molecular weight excluding hydrogens is 196 g/mol. The van der Waals surface area contributed by atoms with E-state index in [0.29, 0.717) is 6.04 Å². The Kier molecular flexibility index (Phi) is 5.67. The zero-order valence-electron chi connectivity index (χ0n) is 9.29. The normalized spacial score (nSPS) is 22.4. The van der Waals surface area contributed by atoms with Crippen molar-refractivity contribution in [2.24, 2.45) is 0 Å². The van der Waals surface area contributed by atoms with Gasteiger partial charge in [0, 0.05) is 41.4 Å². The number of nitrogens with one attached hydrogen (secondary N) is 1. The van der Waals surface area contributed by atoms with Crippen LogP contribution in [0.25, 0.3) is 0 Å². The predicted molar refractivity (Wildman–Crippen MR) is 62.1 cm³/mol. The van der Waals surface area contributed by atoms with Crippen LogP contribution in [0.15, 0.2) is 0 Å². The third-order valence-corrected chi connectivity index (χ3v) is 4.15. The van der Waals surface area contributed by atoms with E-state index in [1.54, 1.807) is 0 Å². The lowest BCUT2D eigenvalue weighted by Gasteiger charge is -2.26. The van der Waals surface area contributed by atoms with Gasteiger partial charge in [-0.3, -0.25) is 4.21 Å². The van der Waals surface area contributed by atoms with Gasteiger partial charge in [-0.2, -0.15) is 0 Å². The zero-order chi connectivity index (χ0) is 10.4. The van der Waals surface area contributed by atoms with Gasteiger partial charge < -0.3 is 10.2 Å². The highest BCUT2D eigenvalue weighted by atomic mass is 32.2. The minimum absolute atomic E-state index is 0.531. The number of rotatable bonds is 5. The van der Waals surface area contributed by atoms with Crippen LogP contribution in [0.4, 0.5) is 0 Å². The maximum absolute atomic E-state index is 11.1. The third kappa shape index (κ3) is 4.53. The summed E-state index contributed by atoms with van der Waals surface area (Å²) in [6, 6.07) is 0.619. The number of hydrogen-bond acceptors (Lipinski definition) is 3. The molecule has 1 aliphatic heterocycles. The average Bonchev–Trinajstić information content (AvgIpc) is 2.21. The Morgan fingerprint density at radius 3 is 2.64 bits per heavy atom. The highest BCUT2D eigenvalue weighted by Crippen LogP contribution is 2.03. The summed E-state index contributed by atoms with van der Waals surface area (Å²) in [5, 5.41) is 3.24. The second kappa shape index (κ2) is 6.53. The summed E-state index contributed by atoms with van der Waals surface area (Å²) in [5.41, 5.74) is 0. The van der Waals surface area contributed by atoms with Gasteiger partial charge in [0.1, 0.15) is 0 Å². The van der Waals surface area contributed by atoms with Crippen molar-refractivity contribution in [1.29, 1.82) is 0 Å². The molecule has 0 aromatic carbocycles. The lowest BCUT2D eigenvalue weighted by molar-refractivity contribution is 0.288. The summed E-state index contributed by atoms with van der Waals surface area (Å²) in [6.07, 6.45) is 2.48. The predicted octanol–water partition coefficient (Wildman–Crippen LogP) is 0.439. The first-order valence-corrected chi connectivity index (χ1v) is 6.96. The highest BCUT2D eigenvalue weighted by Gasteiger charge is 2.14. The van der Waals surface area contributed by atoms with Gasteiger partial charge in [-0.15, -0.1) is 0 Å². The smallest absolute Gasteiger partial charge is 0.0363 e. The molecule has 1 saturated heterocycles. The van der Waals surface area contributed by atoms with Gasteiger partial charge in [0.25, 0.3) is 0 Å². The Balaban J connectivity index is 2.04. The van der Waals surface area contributed by atoms with Crippen molar-refractivity contribution in [3.8, 4) is 0 Å². The molecule has 14 heavy (non-hydrogen) atoms. The fourth-order valence-electron chi connectivity index (χ4n) is 1.66. The summed E-state index contributed by atoms with van der Waals surface area (Å²) in [6.45, 7) is 5.44. The van der Waals surface area contributed by atoms with Crippen molar-refractivity contribution in [3.63, 3.8) is 0 Å². The quantitative estimate of drug-likeness (QED) is 0.727. The number of hydrogen-bond donors (Lipinski definition) is 1. The van der Waals surface area contributed by atoms with Gasteiger partial charge in [-0.1, -0.05) is 0 Å². The van der Waals surface area contributed by atoms with Crippen LogP contribution in [0.1, 0.15) is 19.8 Å². The summed E-state index contributed by atoms with van der Waals surface area (Å²) in [4.78, 5) is 2.43. The summed E-state index contributed by atoms with van der Waals surface area (Å²) < 4.78 is 11.1. The van der Waals surface area contributed by atoms with Crippen molar-refractivity contribution in [3.05, 3.63) is 0 Å². The van der Waals surface area contributed by atoms with Crippen LogP contribution in [-0.4, -0.2) is 53.3 Å². The van der Waals surface area contributed by atoms with Gasteiger partial charge in [0.2, 0.25) is 0 Å². The Morgan fingerprint density at radius 2 is 2.07 bits per heavy atom. The lowest BCUT2D eigenvalue weighted by Crippen LogP contribution is -2.38. The summed E-state index contributed by atoms with van der Waals surface area (Å²) in [7, 11) is 1.48. The molecular formula is C10H22N2OS. The van der Waals surface area contributed by atoms with Crippen LogP contribution in [0.5, 0.6) is 0 Å². The van der Waals surface area contributed by atoms with E-state index in [1.807, 2.05) is 7.05 Å². The maximum atomic E-state index is 11.1. The van der Waals surface area contributed by atoms with E-state index in [1.165, 1.54) is 19.4 Å². The fourth-order valence-corrected chi connectivity index (χ4v) is 2.79. The molecule has 1 rings (SSSR count). The lowest BCUT2D eigenvalue weighted by atomic mass is 10.2. The Bertz CT molecular complexity index is 177. The molecule has 1 unspecified atom stereocenters. The van der Waals surface area contributed by atoms with Crippen LogP contribution in [0, 0.1) is 0 Å². The van der Waals surface area contributed by atoms with Gasteiger partial charge >= 0.3 is 0 Å². The first-order valence-electron chi connectivity index (χ1n) is 5.47. The average molecular weight is 218 g/mol. The van der Waals surface area contributed by atoms with E-state index in [2.05, 4.69) is 17.1 Å². The molecule has 0 radical (unpaired) electrons. The van der Waals surface area contributed by atoms with E-state index in [9.17, 15) is 4.21 Å². The van der Waals surface area contributed by atoms with Crippen molar-refractivity contribution < 1.29 is 4.21 Å². The molecule has 0 saturated carbocycles. The molecule has 1 heterocycles. The van der Waals surface area contributed by atoms with Gasteiger partial charge in [-0.05, 0) is 33.4 Å². The van der Waals surface area contributed by atoms with Crippen molar-refractivity contribution in [1.82, 2.24) is 10.2 Å². The van der Waals surface area contributed by atoms with Crippen LogP contribution in [-0.2, 0) is 10.8 Å². The Morgan fingerprint density at radius 1 is 1.43 bits per heavy atom. The topological polar surface area (TPSA) is 32.3 Å². The van der Waals surface area contributed by atoms with Gasteiger partial charge in [0.15, 0.2) is 0 Å². The van der Waals surface area contributed by atoms with E-state index >= 15 is 0 Å². The largest absolute Gasteiger partial charge is 0.317 e. The van der Waals surface area contributed by atoms with Gasteiger partial charge in [0.05, 0.1) is 0 Å². The molecule has 0 spiro atoms. The molecule has 0 aliphatic carbocycles.